The van der Waals surface area contributed by atoms with E-state index in [9.17, 15) is 18.0 Å². The normalized spacial score (nSPS) is 20.2. The number of amides is 2. The van der Waals surface area contributed by atoms with Crippen molar-refractivity contribution in [3.05, 3.63) is 118 Å². The van der Waals surface area contributed by atoms with Crippen molar-refractivity contribution in [2.24, 2.45) is 11.8 Å². The molecule has 3 aromatic carbocycles. The third kappa shape index (κ3) is 7.64. The molecule has 0 spiro atoms. The van der Waals surface area contributed by atoms with E-state index in [-0.39, 0.29) is 36.3 Å². The highest BCUT2D eigenvalue weighted by atomic mass is 35.5. The smallest absolute Gasteiger partial charge is 0.407 e. The minimum absolute atomic E-state index is 0.0349. The second kappa shape index (κ2) is 14.1. The Hall–Kier alpha value is -3.92. The van der Waals surface area contributed by atoms with E-state index in [1.165, 1.54) is 11.1 Å². The average molecular weight is 674 g/mol. The molecule has 8 nitrogen and oxygen atoms in total. The van der Waals surface area contributed by atoms with E-state index in [1.807, 2.05) is 60.4 Å². The van der Waals surface area contributed by atoms with Crippen molar-refractivity contribution >= 4 is 33.6 Å². The van der Waals surface area contributed by atoms with Crippen LogP contribution in [-0.4, -0.2) is 63.4 Å². The maximum absolute atomic E-state index is 13.6. The molecule has 0 aromatic heterocycles. The number of ether oxygens (including phenoxy) is 1. The summed E-state index contributed by atoms with van der Waals surface area (Å²) in [5.41, 5.74) is 6.26. The van der Waals surface area contributed by atoms with E-state index >= 15 is 0 Å². The van der Waals surface area contributed by atoms with Gasteiger partial charge in [0.05, 0.1) is 6.26 Å². The van der Waals surface area contributed by atoms with Gasteiger partial charge >= 0.3 is 6.09 Å². The maximum atomic E-state index is 13.6. The Morgan fingerprint density at radius 3 is 2.28 bits per heavy atom. The fourth-order valence-electron chi connectivity index (χ4n) is 7.18. The number of halogens is 1. The number of fused-ring (bicyclic) bond motifs is 3. The van der Waals surface area contributed by atoms with Crippen molar-refractivity contribution in [2.45, 2.75) is 44.2 Å². The van der Waals surface area contributed by atoms with Gasteiger partial charge in [0.1, 0.15) is 6.61 Å². The minimum atomic E-state index is -3.43. The predicted molar refractivity (Wildman–Crippen MR) is 185 cm³/mol. The third-order valence-corrected chi connectivity index (χ3v) is 10.5. The van der Waals surface area contributed by atoms with E-state index in [0.29, 0.717) is 42.9 Å². The Balaban J connectivity index is 1.11. The number of allylic oxidation sites excluding steroid dienone is 2. The van der Waals surface area contributed by atoms with Crippen molar-refractivity contribution in [3.8, 4) is 11.1 Å². The van der Waals surface area contributed by atoms with Gasteiger partial charge < -0.3 is 15.0 Å². The first-order valence-corrected chi connectivity index (χ1v) is 18.3. The molecule has 3 unspecified atom stereocenters. The quantitative estimate of drug-likeness (QED) is 0.287. The van der Waals surface area contributed by atoms with Crippen LogP contribution in [0.5, 0.6) is 0 Å². The van der Waals surface area contributed by atoms with Crippen LogP contribution in [0, 0.1) is 11.8 Å². The van der Waals surface area contributed by atoms with Gasteiger partial charge in [-0.2, -0.15) is 0 Å². The standard InChI is InChI=1S/C37H40ClN3O5S/c1-24-28(15-8-16-34(24)40-47(2,44)45)36(42)41-19-17-26(18-20-41)35(22-25-9-7-10-27(38)21-25)39-37(43)46-23-33-31-13-5-3-11-29(31)30-12-4-6-14-32(30)33/h3-16,21,24,26,33-35,40H,17-20,22-23H2,1-2H3,(H,39,43). The average Bonchev–Trinajstić information content (AvgIpc) is 3.37. The Morgan fingerprint density at radius 1 is 0.979 bits per heavy atom. The van der Waals surface area contributed by atoms with Crippen LogP contribution in [0.15, 0.2) is 96.6 Å². The van der Waals surface area contributed by atoms with Gasteiger partial charge in [0, 0.05) is 47.6 Å². The lowest BCUT2D eigenvalue weighted by Crippen LogP contribution is -2.49. The summed E-state index contributed by atoms with van der Waals surface area (Å²) in [6, 6.07) is 23.5. The van der Waals surface area contributed by atoms with Crippen LogP contribution < -0.4 is 10.0 Å². The Bertz CT molecular complexity index is 1770. The number of carbonyl (C=O) groups excluding carboxylic acids is 2. The number of piperidine rings is 1. The van der Waals surface area contributed by atoms with Crippen LogP contribution in [0.2, 0.25) is 5.02 Å². The molecule has 1 saturated heterocycles. The van der Waals surface area contributed by atoms with Gasteiger partial charge in [-0.15, -0.1) is 0 Å². The van der Waals surface area contributed by atoms with Gasteiger partial charge in [0.25, 0.3) is 0 Å². The lowest BCUT2D eigenvalue weighted by Gasteiger charge is -2.38. The number of hydrogen-bond donors (Lipinski definition) is 2. The summed E-state index contributed by atoms with van der Waals surface area (Å²) >= 11 is 6.31. The van der Waals surface area contributed by atoms with Gasteiger partial charge in [0.2, 0.25) is 15.9 Å². The van der Waals surface area contributed by atoms with Crippen LogP contribution >= 0.6 is 11.6 Å². The lowest BCUT2D eigenvalue weighted by molar-refractivity contribution is -0.129. The molecule has 1 fully saturated rings. The first-order valence-electron chi connectivity index (χ1n) is 16.1. The van der Waals surface area contributed by atoms with Gasteiger partial charge in [-0.05, 0) is 65.1 Å². The fourth-order valence-corrected chi connectivity index (χ4v) is 8.17. The summed E-state index contributed by atoms with van der Waals surface area (Å²) in [6.07, 6.45) is 7.91. The Labute approximate surface area is 281 Å². The third-order valence-electron chi connectivity index (χ3n) is 9.61. The molecule has 1 heterocycles. The van der Waals surface area contributed by atoms with E-state index in [0.717, 1.165) is 22.9 Å². The van der Waals surface area contributed by atoms with Gasteiger partial charge in [-0.1, -0.05) is 97.4 Å². The van der Waals surface area contributed by atoms with Crippen molar-refractivity contribution in [1.29, 1.82) is 0 Å². The molecule has 246 valence electrons. The maximum Gasteiger partial charge on any atom is 0.407 e. The highest BCUT2D eigenvalue weighted by Crippen LogP contribution is 2.44. The zero-order valence-electron chi connectivity index (χ0n) is 26.6. The molecular weight excluding hydrogens is 634 g/mol. The summed E-state index contributed by atoms with van der Waals surface area (Å²) in [4.78, 5) is 28.8. The van der Waals surface area contributed by atoms with E-state index in [1.54, 1.807) is 18.2 Å². The molecule has 0 saturated carbocycles. The van der Waals surface area contributed by atoms with E-state index < -0.39 is 22.2 Å². The molecule has 2 amide bonds. The van der Waals surface area contributed by atoms with Gasteiger partial charge in [-0.25, -0.2) is 17.9 Å². The SMILES string of the molecule is CC1C(C(=O)N2CCC(C(Cc3cccc(Cl)c3)NC(=O)OCC3c4ccccc4-c4ccccc43)CC2)=CC=CC1NS(C)(=O)=O. The molecule has 2 N–H and O–H groups in total. The molecular formula is C37H40ClN3O5S. The first kappa shape index (κ1) is 33.0. The fraction of sp³-hybridized carbons (Fsp3) is 0.351. The second-order valence-corrected chi connectivity index (χ2v) is 15.0. The Morgan fingerprint density at radius 2 is 1.64 bits per heavy atom. The largest absolute Gasteiger partial charge is 0.449 e. The lowest BCUT2D eigenvalue weighted by atomic mass is 9.84. The second-order valence-electron chi connectivity index (χ2n) is 12.8. The molecule has 0 radical (unpaired) electrons. The molecule has 3 aromatic rings. The van der Waals surface area contributed by atoms with Crippen molar-refractivity contribution in [2.75, 3.05) is 26.0 Å². The minimum Gasteiger partial charge on any atom is -0.449 e. The van der Waals surface area contributed by atoms with Crippen molar-refractivity contribution < 1.29 is 22.7 Å². The molecule has 10 heteroatoms. The number of rotatable bonds is 9. The van der Waals surface area contributed by atoms with Gasteiger partial charge in [-0.3, -0.25) is 4.79 Å². The highest BCUT2D eigenvalue weighted by molar-refractivity contribution is 7.88. The number of alkyl carbamates (subject to hydrolysis) is 1. The molecule has 6 rings (SSSR count). The Kier molecular flexibility index (Phi) is 9.87. The van der Waals surface area contributed by atoms with Gasteiger partial charge in [0.15, 0.2) is 0 Å². The topological polar surface area (TPSA) is 105 Å². The number of sulfonamides is 1. The molecule has 3 aliphatic rings. The van der Waals surface area contributed by atoms with Crippen LogP contribution in [0.4, 0.5) is 4.79 Å². The summed E-state index contributed by atoms with van der Waals surface area (Å²) in [5, 5.41) is 3.81. The van der Waals surface area contributed by atoms with Crippen LogP contribution in [0.25, 0.3) is 11.1 Å². The molecule has 3 atom stereocenters. The number of nitrogens with one attached hydrogen (secondary N) is 2. The zero-order valence-corrected chi connectivity index (χ0v) is 28.1. The number of benzene rings is 3. The van der Waals surface area contributed by atoms with Crippen molar-refractivity contribution in [3.63, 3.8) is 0 Å². The number of likely N-dealkylation sites (tertiary alicyclic amines) is 1. The summed E-state index contributed by atoms with van der Waals surface area (Å²) < 4.78 is 32.2. The molecule has 1 aliphatic heterocycles. The highest BCUT2D eigenvalue weighted by Gasteiger charge is 2.35. The van der Waals surface area contributed by atoms with Crippen LogP contribution in [0.1, 0.15) is 42.4 Å². The number of hydrogen-bond acceptors (Lipinski definition) is 5. The number of carbonyl (C=O) groups is 2. The van der Waals surface area contributed by atoms with E-state index in [2.05, 4.69) is 34.3 Å². The van der Waals surface area contributed by atoms with Crippen LogP contribution in [-0.2, 0) is 26.0 Å². The van der Waals surface area contributed by atoms with E-state index in [4.69, 9.17) is 16.3 Å². The summed E-state index contributed by atoms with van der Waals surface area (Å²) in [5.74, 6) is -0.314. The summed E-state index contributed by atoms with van der Waals surface area (Å²) in [6.45, 7) is 3.15. The molecule has 2 aliphatic carbocycles. The number of nitrogens with zero attached hydrogens (tertiary/aromatic N) is 1. The predicted octanol–water partition coefficient (Wildman–Crippen LogP) is 6.08. The van der Waals surface area contributed by atoms with Crippen molar-refractivity contribution in [1.82, 2.24) is 14.9 Å². The molecule has 47 heavy (non-hydrogen) atoms. The zero-order chi connectivity index (χ0) is 33.1. The molecule has 0 bridgehead atoms. The first-order chi connectivity index (χ1) is 22.6. The van der Waals surface area contributed by atoms with Crippen LogP contribution in [0.3, 0.4) is 0 Å². The summed E-state index contributed by atoms with van der Waals surface area (Å²) in [7, 11) is -3.43. The monoisotopic (exact) mass is 673 g/mol.